The number of imidazole rings is 1. The van der Waals surface area contributed by atoms with Gasteiger partial charge in [0.2, 0.25) is 0 Å². The zero-order valence-corrected chi connectivity index (χ0v) is 6.52. The molecule has 0 aromatic carbocycles. The maximum atomic E-state index is 10.9. The Bertz CT molecular complexity index is 523. The van der Waals surface area contributed by atoms with Gasteiger partial charge in [-0.2, -0.15) is 0 Å². The van der Waals surface area contributed by atoms with Crippen molar-refractivity contribution in [1.82, 2.24) is 9.38 Å². The number of aromatic nitrogens is 2. The highest BCUT2D eigenvalue weighted by atomic mass is 16.4. The topological polar surface area (TPSA) is 74.6 Å². The Kier molecular flexibility index (Phi) is 1.45. The zero-order chi connectivity index (χ0) is 9.42. The number of fused-ring (bicyclic) bond motifs is 1. The number of nitrogens with zero attached hydrogens (tertiary/aromatic N) is 1. The van der Waals surface area contributed by atoms with Crippen LogP contribution in [0.15, 0.2) is 29.3 Å². The standard InChI is InChI=1S/C8H6N2O3/c11-5-1-2-10-6(8(12)13)4-9-7(10)3-5/h1-4,9H,(H,12,13). The first kappa shape index (κ1) is 7.60. The summed E-state index contributed by atoms with van der Waals surface area (Å²) in [7, 11) is 0. The first-order valence-corrected chi connectivity index (χ1v) is 3.61. The van der Waals surface area contributed by atoms with Crippen molar-refractivity contribution >= 4 is 11.6 Å². The molecule has 0 saturated heterocycles. The Morgan fingerprint density at radius 2 is 2.31 bits per heavy atom. The normalized spacial score (nSPS) is 10.5. The van der Waals surface area contributed by atoms with E-state index in [2.05, 4.69) is 4.98 Å². The number of rotatable bonds is 1. The molecule has 0 aliphatic rings. The molecule has 2 aromatic heterocycles. The molecule has 2 heterocycles. The second-order valence-corrected chi connectivity index (χ2v) is 2.60. The van der Waals surface area contributed by atoms with Crippen molar-refractivity contribution in [2.75, 3.05) is 0 Å². The Balaban J connectivity index is 2.83. The lowest BCUT2D eigenvalue weighted by Gasteiger charge is -1.93. The minimum Gasteiger partial charge on any atom is -0.477 e. The lowest BCUT2D eigenvalue weighted by atomic mass is 10.4. The molecule has 0 atom stereocenters. The molecule has 0 fully saturated rings. The number of pyridine rings is 1. The number of carboxylic acid groups (broad SMARTS) is 1. The summed E-state index contributed by atoms with van der Waals surface area (Å²) in [5.41, 5.74) is 0.429. The Labute approximate surface area is 72.3 Å². The number of aromatic carboxylic acids is 1. The molecule has 2 N–H and O–H groups in total. The van der Waals surface area contributed by atoms with E-state index < -0.39 is 5.97 Å². The number of H-pyrrole nitrogens is 1. The van der Waals surface area contributed by atoms with Gasteiger partial charge in [0.15, 0.2) is 5.43 Å². The summed E-state index contributed by atoms with van der Waals surface area (Å²) in [5, 5.41) is 8.72. The van der Waals surface area contributed by atoms with Crippen LogP contribution in [0.2, 0.25) is 0 Å². The number of hydrogen-bond acceptors (Lipinski definition) is 2. The molecule has 0 radical (unpaired) electrons. The van der Waals surface area contributed by atoms with E-state index in [1.807, 2.05) is 0 Å². The van der Waals surface area contributed by atoms with Crippen molar-refractivity contribution in [3.63, 3.8) is 0 Å². The molecule has 66 valence electrons. The first-order valence-electron chi connectivity index (χ1n) is 3.61. The monoisotopic (exact) mass is 178 g/mol. The fourth-order valence-electron chi connectivity index (χ4n) is 1.18. The summed E-state index contributed by atoms with van der Waals surface area (Å²) >= 11 is 0. The molecule has 0 aliphatic carbocycles. The van der Waals surface area contributed by atoms with Gasteiger partial charge in [-0.1, -0.05) is 0 Å². The smallest absolute Gasteiger partial charge is 0.354 e. The lowest BCUT2D eigenvalue weighted by Crippen LogP contribution is -2.04. The van der Waals surface area contributed by atoms with Gasteiger partial charge in [0.05, 0.1) is 0 Å². The molecule has 5 heteroatoms. The van der Waals surface area contributed by atoms with E-state index in [1.54, 1.807) is 0 Å². The summed E-state index contributed by atoms with van der Waals surface area (Å²) in [4.78, 5) is 24.2. The van der Waals surface area contributed by atoms with Crippen molar-refractivity contribution in [1.29, 1.82) is 0 Å². The van der Waals surface area contributed by atoms with E-state index >= 15 is 0 Å². The summed E-state index contributed by atoms with van der Waals surface area (Å²) < 4.78 is 1.41. The van der Waals surface area contributed by atoms with Crippen LogP contribution in [0.5, 0.6) is 0 Å². The Hall–Kier alpha value is -2.04. The maximum Gasteiger partial charge on any atom is 0.354 e. The summed E-state index contributed by atoms with van der Waals surface area (Å²) in [6.07, 6.45) is 2.77. The second kappa shape index (κ2) is 2.48. The highest BCUT2D eigenvalue weighted by molar-refractivity contribution is 5.86. The predicted molar refractivity (Wildman–Crippen MR) is 45.0 cm³/mol. The van der Waals surface area contributed by atoms with E-state index in [9.17, 15) is 9.59 Å². The third-order valence-corrected chi connectivity index (χ3v) is 1.76. The van der Waals surface area contributed by atoms with E-state index in [1.165, 1.54) is 28.9 Å². The van der Waals surface area contributed by atoms with Gasteiger partial charge in [-0.3, -0.25) is 9.20 Å². The maximum absolute atomic E-state index is 10.9. The zero-order valence-electron chi connectivity index (χ0n) is 6.52. The molecule has 0 unspecified atom stereocenters. The average Bonchev–Trinajstić information content (AvgIpc) is 2.46. The summed E-state index contributed by atoms with van der Waals surface area (Å²) in [5.74, 6) is -1.03. The predicted octanol–water partition coefficient (Wildman–Crippen LogP) is 0.326. The van der Waals surface area contributed by atoms with Crippen LogP contribution in [0.25, 0.3) is 5.65 Å². The van der Waals surface area contributed by atoms with Gasteiger partial charge in [0.1, 0.15) is 11.3 Å². The van der Waals surface area contributed by atoms with Crippen molar-refractivity contribution in [2.24, 2.45) is 0 Å². The van der Waals surface area contributed by atoms with Gasteiger partial charge in [0, 0.05) is 24.5 Å². The first-order chi connectivity index (χ1) is 6.18. The Morgan fingerprint density at radius 3 is 3.00 bits per heavy atom. The van der Waals surface area contributed by atoms with Gasteiger partial charge in [-0.05, 0) is 0 Å². The lowest BCUT2D eigenvalue weighted by molar-refractivity contribution is 0.0689. The molecule has 5 nitrogen and oxygen atoms in total. The van der Waals surface area contributed by atoms with Crippen molar-refractivity contribution in [3.05, 3.63) is 40.4 Å². The molecule has 2 aromatic rings. The minimum absolute atomic E-state index is 0.106. The summed E-state index contributed by atoms with van der Waals surface area (Å²) in [6.45, 7) is 0. The van der Waals surface area contributed by atoms with E-state index in [-0.39, 0.29) is 11.1 Å². The molecule has 0 spiro atoms. The Morgan fingerprint density at radius 1 is 1.54 bits per heavy atom. The third kappa shape index (κ3) is 1.10. The molecule has 13 heavy (non-hydrogen) atoms. The molecule has 0 aliphatic heterocycles. The average molecular weight is 178 g/mol. The number of carbonyl (C=O) groups is 1. The van der Waals surface area contributed by atoms with Crippen LogP contribution in [-0.4, -0.2) is 20.5 Å². The van der Waals surface area contributed by atoms with Crippen molar-refractivity contribution < 1.29 is 9.90 Å². The van der Waals surface area contributed by atoms with Crippen LogP contribution in [0.4, 0.5) is 0 Å². The van der Waals surface area contributed by atoms with Crippen LogP contribution >= 0.6 is 0 Å². The quantitative estimate of drug-likeness (QED) is 0.660. The van der Waals surface area contributed by atoms with Crippen molar-refractivity contribution in [3.8, 4) is 0 Å². The fraction of sp³-hybridized carbons (Fsp3) is 0. The van der Waals surface area contributed by atoms with Gasteiger partial charge >= 0.3 is 5.97 Å². The number of hydrogen-bond donors (Lipinski definition) is 2. The molecular formula is C8H6N2O3. The van der Waals surface area contributed by atoms with E-state index in [0.29, 0.717) is 5.65 Å². The van der Waals surface area contributed by atoms with Crippen LogP contribution < -0.4 is 5.43 Å². The largest absolute Gasteiger partial charge is 0.477 e. The molecule has 2 rings (SSSR count). The van der Waals surface area contributed by atoms with Crippen LogP contribution in [0, 0.1) is 0 Å². The number of carboxylic acids is 1. The van der Waals surface area contributed by atoms with Crippen molar-refractivity contribution in [2.45, 2.75) is 0 Å². The fourth-order valence-corrected chi connectivity index (χ4v) is 1.18. The van der Waals surface area contributed by atoms with Crippen LogP contribution in [0.1, 0.15) is 10.5 Å². The highest BCUT2D eigenvalue weighted by Crippen LogP contribution is 2.03. The SMILES string of the molecule is O=C(O)c1c[nH]c2cc(=O)ccn12. The van der Waals surface area contributed by atoms with E-state index in [4.69, 9.17) is 5.11 Å². The highest BCUT2D eigenvalue weighted by Gasteiger charge is 2.08. The second-order valence-electron chi connectivity index (χ2n) is 2.60. The van der Waals surface area contributed by atoms with Crippen LogP contribution in [-0.2, 0) is 0 Å². The third-order valence-electron chi connectivity index (χ3n) is 1.76. The minimum atomic E-state index is -1.03. The van der Waals surface area contributed by atoms with Crippen LogP contribution in [0.3, 0.4) is 0 Å². The van der Waals surface area contributed by atoms with E-state index in [0.717, 1.165) is 0 Å². The van der Waals surface area contributed by atoms with Gasteiger partial charge in [-0.15, -0.1) is 0 Å². The van der Waals surface area contributed by atoms with Gasteiger partial charge < -0.3 is 10.1 Å². The molecular weight excluding hydrogens is 172 g/mol. The van der Waals surface area contributed by atoms with Gasteiger partial charge in [0.25, 0.3) is 0 Å². The summed E-state index contributed by atoms with van der Waals surface area (Å²) in [6, 6.07) is 2.65. The molecule has 0 saturated carbocycles. The number of nitrogens with one attached hydrogen (secondary N) is 1. The molecule has 0 bridgehead atoms. The molecule has 0 amide bonds. The van der Waals surface area contributed by atoms with Gasteiger partial charge in [-0.25, -0.2) is 4.79 Å². The number of aromatic amines is 1.